The van der Waals surface area contributed by atoms with E-state index in [1.807, 2.05) is 6.92 Å². The number of carbonyl (C=O) groups excluding carboxylic acids is 1. The van der Waals surface area contributed by atoms with Crippen LogP contribution < -0.4 is 0 Å². The fourth-order valence-electron chi connectivity index (χ4n) is 3.01. The van der Waals surface area contributed by atoms with E-state index in [1.165, 1.54) is 0 Å². The molecule has 0 fully saturated rings. The number of ether oxygens (including phenoxy) is 1. The Balaban J connectivity index is 4.82. The Morgan fingerprint density at radius 2 is 1.29 bits per heavy atom. The maximum Gasteiger partial charge on any atom is 0.378 e. The fourth-order valence-corrected chi connectivity index (χ4v) is 3.01. The normalized spacial score (nSPS) is 13.4. The van der Waals surface area contributed by atoms with E-state index in [4.69, 9.17) is 10.2 Å². The standard InChI is InChI=1S/C22H34F8O4/c1-3-4-5-6-7-11-19(23,24)21(27,28)22(29,30)20(25,26)12-8-13-34-18(33)16(2)9-10-17(14-31)15-32/h17,31-32H,2-15H2,1H3. The molecule has 0 aromatic heterocycles. The lowest BCUT2D eigenvalue weighted by Crippen LogP contribution is -2.62. The summed E-state index contributed by atoms with van der Waals surface area (Å²) in [6, 6.07) is 0. The van der Waals surface area contributed by atoms with Crippen LogP contribution in [0.25, 0.3) is 0 Å². The van der Waals surface area contributed by atoms with E-state index in [2.05, 4.69) is 11.3 Å². The Bertz CT molecular complexity index is 622. The maximum atomic E-state index is 13.9. The highest BCUT2D eigenvalue weighted by Gasteiger charge is 2.79. The zero-order chi connectivity index (χ0) is 26.6. The summed E-state index contributed by atoms with van der Waals surface area (Å²) in [5.74, 6) is -25.0. The minimum atomic E-state index is -6.33. The predicted molar refractivity (Wildman–Crippen MR) is 109 cm³/mol. The highest BCUT2D eigenvalue weighted by molar-refractivity contribution is 5.87. The lowest BCUT2D eigenvalue weighted by molar-refractivity contribution is -0.368. The van der Waals surface area contributed by atoms with E-state index in [9.17, 15) is 39.9 Å². The Morgan fingerprint density at radius 1 is 0.824 bits per heavy atom. The fraction of sp³-hybridized carbons (Fsp3) is 0.864. The molecule has 2 N–H and O–H groups in total. The number of hydrogen-bond donors (Lipinski definition) is 2. The van der Waals surface area contributed by atoms with Crippen LogP contribution in [0.4, 0.5) is 35.1 Å². The first kappa shape index (κ1) is 32.6. The lowest BCUT2D eigenvalue weighted by Gasteiger charge is -2.37. The van der Waals surface area contributed by atoms with Crippen molar-refractivity contribution in [1.29, 1.82) is 0 Å². The van der Waals surface area contributed by atoms with Gasteiger partial charge in [-0.15, -0.1) is 0 Å². The summed E-state index contributed by atoms with van der Waals surface area (Å²) in [6.45, 7) is 3.62. The summed E-state index contributed by atoms with van der Waals surface area (Å²) in [6.07, 6.45) is -3.04. The number of rotatable bonds is 19. The molecule has 0 saturated carbocycles. The van der Waals surface area contributed by atoms with E-state index in [0.29, 0.717) is 12.8 Å². The van der Waals surface area contributed by atoms with Crippen molar-refractivity contribution in [2.24, 2.45) is 5.92 Å². The van der Waals surface area contributed by atoms with Crippen LogP contribution in [-0.4, -0.2) is 59.7 Å². The van der Waals surface area contributed by atoms with Crippen LogP contribution in [0.15, 0.2) is 12.2 Å². The molecule has 0 radical (unpaired) electrons. The molecule has 0 bridgehead atoms. The largest absolute Gasteiger partial charge is 0.462 e. The molecule has 0 saturated heterocycles. The molecule has 34 heavy (non-hydrogen) atoms. The molecule has 0 amide bonds. The van der Waals surface area contributed by atoms with Crippen molar-refractivity contribution >= 4 is 5.97 Å². The molecule has 0 atom stereocenters. The van der Waals surface area contributed by atoms with Crippen molar-refractivity contribution in [2.75, 3.05) is 19.8 Å². The van der Waals surface area contributed by atoms with E-state index in [0.717, 1.165) is 6.42 Å². The minimum Gasteiger partial charge on any atom is -0.462 e. The average molecular weight is 514 g/mol. The van der Waals surface area contributed by atoms with Crippen LogP contribution in [0.3, 0.4) is 0 Å². The van der Waals surface area contributed by atoms with Gasteiger partial charge in [0.1, 0.15) is 0 Å². The van der Waals surface area contributed by atoms with Crippen LogP contribution >= 0.6 is 0 Å². The van der Waals surface area contributed by atoms with E-state index < -0.39 is 67.9 Å². The van der Waals surface area contributed by atoms with Gasteiger partial charge >= 0.3 is 29.7 Å². The van der Waals surface area contributed by atoms with Crippen LogP contribution in [0.1, 0.15) is 71.1 Å². The second kappa shape index (κ2) is 14.2. The molecule has 0 aliphatic carbocycles. The average Bonchev–Trinajstić information content (AvgIpc) is 2.76. The monoisotopic (exact) mass is 514 g/mol. The maximum absolute atomic E-state index is 13.9. The van der Waals surface area contributed by atoms with Gasteiger partial charge in [-0.3, -0.25) is 0 Å². The Hall–Kier alpha value is -1.43. The second-order valence-corrected chi connectivity index (χ2v) is 8.33. The number of aliphatic hydroxyl groups excluding tert-OH is 2. The Labute approximate surface area is 194 Å². The van der Waals surface area contributed by atoms with Crippen molar-refractivity contribution in [1.82, 2.24) is 0 Å². The van der Waals surface area contributed by atoms with Crippen molar-refractivity contribution in [3.8, 4) is 0 Å². The zero-order valence-electron chi connectivity index (χ0n) is 19.2. The smallest absolute Gasteiger partial charge is 0.378 e. The predicted octanol–water partition coefficient (Wildman–Crippen LogP) is 6.15. The minimum absolute atomic E-state index is 0.0153. The molecule has 0 aromatic rings. The van der Waals surface area contributed by atoms with Crippen LogP contribution in [0.5, 0.6) is 0 Å². The molecule has 0 spiro atoms. The third-order valence-electron chi connectivity index (χ3n) is 5.44. The number of carbonyl (C=O) groups is 1. The molecule has 0 aliphatic heterocycles. The first-order valence-electron chi connectivity index (χ1n) is 11.2. The topological polar surface area (TPSA) is 66.8 Å². The molecule has 0 unspecified atom stereocenters. The van der Waals surface area contributed by atoms with Gasteiger partial charge in [0.25, 0.3) is 0 Å². The van der Waals surface area contributed by atoms with Crippen molar-refractivity contribution in [3.05, 3.63) is 12.2 Å². The molecule has 12 heteroatoms. The van der Waals surface area contributed by atoms with Gasteiger partial charge in [-0.25, -0.2) is 4.79 Å². The van der Waals surface area contributed by atoms with Gasteiger partial charge in [0, 0.05) is 37.5 Å². The SMILES string of the molecule is C=C(CCC(CO)CO)C(=O)OCCCC(F)(F)C(F)(F)C(F)(F)C(F)(F)CCCCCCC. The van der Waals surface area contributed by atoms with Crippen molar-refractivity contribution in [2.45, 2.75) is 94.8 Å². The van der Waals surface area contributed by atoms with Gasteiger partial charge in [-0.05, 0) is 25.7 Å². The first-order valence-corrected chi connectivity index (χ1v) is 11.2. The zero-order valence-corrected chi connectivity index (χ0v) is 19.2. The van der Waals surface area contributed by atoms with Gasteiger partial charge in [0.15, 0.2) is 0 Å². The van der Waals surface area contributed by atoms with Gasteiger partial charge in [-0.1, -0.05) is 39.2 Å². The van der Waals surface area contributed by atoms with E-state index in [-0.39, 0.29) is 38.0 Å². The summed E-state index contributed by atoms with van der Waals surface area (Å²) in [5, 5.41) is 17.9. The van der Waals surface area contributed by atoms with E-state index in [1.54, 1.807) is 0 Å². The van der Waals surface area contributed by atoms with Gasteiger partial charge in [0.05, 0.1) is 6.61 Å². The summed E-state index contributed by atoms with van der Waals surface area (Å²) >= 11 is 0. The summed E-state index contributed by atoms with van der Waals surface area (Å²) < 4.78 is 116. The number of aliphatic hydroxyl groups is 2. The summed E-state index contributed by atoms with van der Waals surface area (Å²) in [5.41, 5.74) is -0.144. The summed E-state index contributed by atoms with van der Waals surface area (Å²) in [7, 11) is 0. The van der Waals surface area contributed by atoms with Gasteiger partial charge in [0.2, 0.25) is 0 Å². The Morgan fingerprint density at radius 3 is 1.76 bits per heavy atom. The lowest BCUT2D eigenvalue weighted by atomic mass is 9.92. The van der Waals surface area contributed by atoms with Crippen molar-refractivity contribution in [3.63, 3.8) is 0 Å². The number of alkyl halides is 8. The number of esters is 1. The van der Waals surface area contributed by atoms with Gasteiger partial charge < -0.3 is 14.9 Å². The molecule has 0 rings (SSSR count). The van der Waals surface area contributed by atoms with Crippen LogP contribution in [0.2, 0.25) is 0 Å². The molecule has 4 nitrogen and oxygen atoms in total. The third-order valence-corrected chi connectivity index (χ3v) is 5.44. The number of hydrogen-bond acceptors (Lipinski definition) is 4. The number of unbranched alkanes of at least 4 members (excludes halogenated alkanes) is 4. The third kappa shape index (κ3) is 8.98. The highest BCUT2D eigenvalue weighted by Crippen LogP contribution is 2.55. The molecular formula is C22H34F8O4. The van der Waals surface area contributed by atoms with Crippen molar-refractivity contribution < 1.29 is 54.9 Å². The van der Waals surface area contributed by atoms with Crippen LogP contribution in [0, 0.1) is 5.92 Å². The number of halogens is 8. The molecule has 0 heterocycles. The summed E-state index contributed by atoms with van der Waals surface area (Å²) in [4.78, 5) is 11.7. The highest BCUT2D eigenvalue weighted by atomic mass is 19.4. The molecule has 202 valence electrons. The molecular weight excluding hydrogens is 480 g/mol. The van der Waals surface area contributed by atoms with E-state index >= 15 is 0 Å². The quantitative estimate of drug-likeness (QED) is 0.0940. The second-order valence-electron chi connectivity index (χ2n) is 8.33. The molecule has 0 aromatic carbocycles. The van der Waals surface area contributed by atoms with Crippen LogP contribution in [-0.2, 0) is 9.53 Å². The Kier molecular flexibility index (Phi) is 13.6. The van der Waals surface area contributed by atoms with Gasteiger partial charge in [-0.2, -0.15) is 35.1 Å². The molecule has 0 aliphatic rings. The first-order chi connectivity index (χ1) is 15.6.